The van der Waals surface area contributed by atoms with Crippen LogP contribution in [0.1, 0.15) is 39.9 Å². The van der Waals surface area contributed by atoms with Gasteiger partial charge >= 0.3 is 0 Å². The Hall–Kier alpha value is -4.34. The number of amides is 1. The van der Waals surface area contributed by atoms with Crippen molar-refractivity contribution in [2.45, 2.75) is 25.4 Å². The van der Waals surface area contributed by atoms with Crippen molar-refractivity contribution in [3.05, 3.63) is 100.0 Å². The number of nitrogens with zero attached hydrogens (tertiary/aromatic N) is 4. The van der Waals surface area contributed by atoms with Gasteiger partial charge < -0.3 is 20.7 Å². The number of aliphatic imine (C=N–C) groups is 1. The first-order valence-corrected chi connectivity index (χ1v) is 13.7. The summed E-state index contributed by atoms with van der Waals surface area (Å²) in [6.07, 6.45) is 3.35. The van der Waals surface area contributed by atoms with E-state index in [4.69, 9.17) is 32.0 Å². The molecule has 41 heavy (non-hydrogen) atoms. The molecule has 4 aromatic rings. The van der Waals surface area contributed by atoms with Crippen molar-refractivity contribution in [3.8, 4) is 17.0 Å². The van der Waals surface area contributed by atoms with E-state index in [0.29, 0.717) is 52.3 Å². The minimum atomic E-state index is -0.445. The lowest BCUT2D eigenvalue weighted by Crippen LogP contribution is -2.42. The Labute approximate surface area is 242 Å². The van der Waals surface area contributed by atoms with Crippen LogP contribution in [0.3, 0.4) is 0 Å². The SMILES string of the molecule is COc1cccc(F)c1C1=NCc2cnc(Nc3ccc(C(=O)N4CCC(N)CC4)cc3)nc2-c2ccc(Cl)cc21. The van der Waals surface area contributed by atoms with E-state index in [0.717, 1.165) is 29.7 Å². The van der Waals surface area contributed by atoms with Gasteiger partial charge in [0.05, 0.1) is 30.6 Å². The number of carbonyl (C=O) groups excluding carboxylic acids is 1. The van der Waals surface area contributed by atoms with Gasteiger partial charge in [-0.2, -0.15) is 0 Å². The summed E-state index contributed by atoms with van der Waals surface area (Å²) in [5, 5.41) is 3.72. The number of halogens is 2. The van der Waals surface area contributed by atoms with Gasteiger partial charge in [0, 0.05) is 58.3 Å². The van der Waals surface area contributed by atoms with Crippen molar-refractivity contribution in [2.75, 3.05) is 25.5 Å². The molecule has 10 heteroatoms. The number of nitrogens with two attached hydrogens (primary N) is 1. The van der Waals surface area contributed by atoms with Gasteiger partial charge in [0.25, 0.3) is 5.91 Å². The van der Waals surface area contributed by atoms with E-state index in [1.165, 1.54) is 13.2 Å². The van der Waals surface area contributed by atoms with Crippen LogP contribution >= 0.6 is 11.6 Å². The van der Waals surface area contributed by atoms with Crippen molar-refractivity contribution >= 4 is 34.9 Å². The monoisotopic (exact) mass is 570 g/mol. The van der Waals surface area contributed by atoms with Crippen molar-refractivity contribution in [3.63, 3.8) is 0 Å². The van der Waals surface area contributed by atoms with Crippen LogP contribution in [0.15, 0.2) is 71.9 Å². The number of ether oxygens (including phenoxy) is 1. The van der Waals surface area contributed by atoms with Crippen LogP contribution in [0.2, 0.25) is 5.02 Å². The second-order valence-corrected chi connectivity index (χ2v) is 10.5. The zero-order valence-corrected chi connectivity index (χ0v) is 23.2. The third-order valence-corrected chi connectivity index (χ3v) is 7.65. The molecule has 1 fully saturated rings. The fourth-order valence-electron chi connectivity index (χ4n) is 5.21. The highest BCUT2D eigenvalue weighted by molar-refractivity contribution is 6.31. The molecular formula is C31H28ClFN6O2. The maximum absolute atomic E-state index is 15.1. The first-order valence-electron chi connectivity index (χ1n) is 13.4. The molecule has 208 valence electrons. The molecule has 0 radical (unpaired) electrons. The highest BCUT2D eigenvalue weighted by Crippen LogP contribution is 2.36. The zero-order chi connectivity index (χ0) is 28.5. The fraction of sp³-hybridized carbons (Fsp3) is 0.226. The molecule has 0 atom stereocenters. The van der Waals surface area contributed by atoms with E-state index in [2.05, 4.69) is 10.3 Å². The van der Waals surface area contributed by atoms with Gasteiger partial charge in [0.1, 0.15) is 11.6 Å². The van der Waals surface area contributed by atoms with E-state index >= 15 is 4.39 Å². The van der Waals surface area contributed by atoms with E-state index in [1.54, 1.807) is 42.6 Å². The van der Waals surface area contributed by atoms with Crippen LogP contribution in [0.4, 0.5) is 16.0 Å². The van der Waals surface area contributed by atoms with Gasteiger partial charge in [-0.05, 0) is 61.4 Å². The Morgan fingerprint density at radius 1 is 1.10 bits per heavy atom. The van der Waals surface area contributed by atoms with Gasteiger partial charge in [0.15, 0.2) is 0 Å². The molecule has 3 aromatic carbocycles. The number of aromatic nitrogens is 2. The Bertz CT molecular complexity index is 1650. The molecule has 3 N–H and O–H groups in total. The number of anilines is 2. The predicted molar refractivity (Wildman–Crippen MR) is 158 cm³/mol. The average molecular weight is 571 g/mol. The number of hydrogen-bond donors (Lipinski definition) is 2. The summed E-state index contributed by atoms with van der Waals surface area (Å²) >= 11 is 6.40. The van der Waals surface area contributed by atoms with E-state index in [1.807, 2.05) is 23.1 Å². The first-order chi connectivity index (χ1) is 19.9. The lowest BCUT2D eigenvalue weighted by molar-refractivity contribution is 0.0715. The number of benzene rings is 3. The van der Waals surface area contributed by atoms with Crippen LogP contribution < -0.4 is 15.8 Å². The normalized spacial score (nSPS) is 14.9. The summed E-state index contributed by atoms with van der Waals surface area (Å²) in [5.74, 6) is 0.307. The van der Waals surface area contributed by atoms with Crippen molar-refractivity contribution in [1.82, 2.24) is 14.9 Å². The van der Waals surface area contributed by atoms with Crippen LogP contribution in [0, 0.1) is 5.82 Å². The summed E-state index contributed by atoms with van der Waals surface area (Å²) in [6, 6.07) is 17.5. The van der Waals surface area contributed by atoms with Crippen molar-refractivity contribution < 1.29 is 13.9 Å². The molecule has 1 aromatic heterocycles. The largest absolute Gasteiger partial charge is 0.496 e. The molecule has 1 saturated heterocycles. The number of fused-ring (bicyclic) bond motifs is 3. The number of rotatable bonds is 5. The predicted octanol–water partition coefficient (Wildman–Crippen LogP) is 5.60. The molecule has 0 saturated carbocycles. The highest BCUT2D eigenvalue weighted by Gasteiger charge is 2.26. The van der Waals surface area contributed by atoms with Crippen LogP contribution in [-0.2, 0) is 6.54 Å². The number of likely N-dealkylation sites (tertiary alicyclic amines) is 1. The maximum Gasteiger partial charge on any atom is 0.253 e. The maximum atomic E-state index is 15.1. The number of carbonyl (C=O) groups is 1. The van der Waals surface area contributed by atoms with Gasteiger partial charge in [-0.25, -0.2) is 14.4 Å². The van der Waals surface area contributed by atoms with E-state index in [-0.39, 0.29) is 24.1 Å². The standard InChI is InChI=1S/C31H28ClFN6O2/c1-41-26-4-2-3-25(33)27(26)29-24-15-20(32)7-10-23(24)28-19(16-35-29)17-36-31(38-28)37-22-8-5-18(6-9-22)30(40)39-13-11-21(34)12-14-39/h2-10,15,17,21H,11-14,16,34H2,1H3,(H,36,37,38). The molecule has 0 bridgehead atoms. The van der Waals surface area contributed by atoms with E-state index in [9.17, 15) is 4.79 Å². The minimum absolute atomic E-state index is 0.00212. The molecule has 2 aliphatic rings. The van der Waals surface area contributed by atoms with Crippen molar-refractivity contribution in [2.24, 2.45) is 10.7 Å². The van der Waals surface area contributed by atoms with Crippen molar-refractivity contribution in [1.29, 1.82) is 0 Å². The molecule has 0 aliphatic carbocycles. The number of hydrogen-bond acceptors (Lipinski definition) is 7. The molecule has 1 amide bonds. The molecule has 3 heterocycles. The molecule has 6 rings (SSSR count). The third-order valence-electron chi connectivity index (χ3n) is 7.41. The quantitative estimate of drug-likeness (QED) is 0.323. The molecule has 8 nitrogen and oxygen atoms in total. The third kappa shape index (κ3) is 5.38. The Balaban J connectivity index is 1.30. The van der Waals surface area contributed by atoms with Crippen LogP contribution in [0.5, 0.6) is 5.75 Å². The second kappa shape index (κ2) is 11.3. The van der Waals surface area contributed by atoms with Crippen LogP contribution in [0.25, 0.3) is 11.3 Å². The molecule has 0 unspecified atom stereocenters. The lowest BCUT2D eigenvalue weighted by Gasteiger charge is -2.30. The van der Waals surface area contributed by atoms with E-state index < -0.39 is 5.82 Å². The minimum Gasteiger partial charge on any atom is -0.496 e. The summed E-state index contributed by atoms with van der Waals surface area (Å²) in [4.78, 5) is 28.8. The smallest absolute Gasteiger partial charge is 0.253 e. The number of piperidine rings is 1. The Morgan fingerprint density at radius 2 is 1.88 bits per heavy atom. The summed E-state index contributed by atoms with van der Waals surface area (Å²) < 4.78 is 20.6. The molecule has 0 spiro atoms. The Kier molecular flexibility index (Phi) is 7.38. The number of nitrogens with one attached hydrogen (secondary N) is 1. The molecule has 2 aliphatic heterocycles. The highest BCUT2D eigenvalue weighted by atomic mass is 35.5. The van der Waals surface area contributed by atoms with Gasteiger partial charge in [-0.3, -0.25) is 9.79 Å². The first kappa shape index (κ1) is 26.9. The van der Waals surface area contributed by atoms with Gasteiger partial charge in [-0.1, -0.05) is 23.7 Å². The fourth-order valence-corrected chi connectivity index (χ4v) is 5.38. The average Bonchev–Trinajstić information content (AvgIpc) is 3.13. The van der Waals surface area contributed by atoms with Gasteiger partial charge in [-0.15, -0.1) is 0 Å². The van der Waals surface area contributed by atoms with Crippen LogP contribution in [-0.4, -0.2) is 52.7 Å². The Morgan fingerprint density at radius 3 is 2.63 bits per heavy atom. The topological polar surface area (TPSA) is 106 Å². The zero-order valence-electron chi connectivity index (χ0n) is 22.4. The molecular weight excluding hydrogens is 543 g/mol. The summed E-state index contributed by atoms with van der Waals surface area (Å²) in [6.45, 7) is 1.59. The summed E-state index contributed by atoms with van der Waals surface area (Å²) in [7, 11) is 1.50. The van der Waals surface area contributed by atoms with Gasteiger partial charge in [0.2, 0.25) is 5.95 Å². The number of methoxy groups -OCH3 is 1. The summed E-state index contributed by atoms with van der Waals surface area (Å²) in [5.41, 5.74) is 10.9. The lowest BCUT2D eigenvalue weighted by atomic mass is 9.94. The second-order valence-electron chi connectivity index (χ2n) is 10.1.